The maximum Gasteiger partial charge on any atom is 0.272 e. The summed E-state index contributed by atoms with van der Waals surface area (Å²) in [7, 11) is 0. The van der Waals surface area contributed by atoms with Gasteiger partial charge in [0.05, 0.1) is 17.0 Å². The van der Waals surface area contributed by atoms with Crippen LogP contribution in [0.1, 0.15) is 42.0 Å². The first-order valence-corrected chi connectivity index (χ1v) is 8.66. The van der Waals surface area contributed by atoms with Crippen LogP contribution >= 0.6 is 0 Å². The smallest absolute Gasteiger partial charge is 0.272 e. The molecule has 26 heavy (non-hydrogen) atoms. The van der Waals surface area contributed by atoms with Crippen LogP contribution in [0.15, 0.2) is 24.3 Å². The third-order valence-corrected chi connectivity index (χ3v) is 5.02. The molecule has 0 radical (unpaired) electrons. The molecule has 0 aliphatic heterocycles. The number of aryl methyl sites for hydroxylation is 1. The van der Waals surface area contributed by atoms with Crippen molar-refractivity contribution in [1.29, 1.82) is 0 Å². The molecule has 1 aromatic carbocycles. The number of fused-ring (bicyclic) bond motifs is 4. The van der Waals surface area contributed by atoms with E-state index >= 15 is 0 Å². The number of Topliss-reactive ketones (excluding diaryl/α,β-unsaturated/α-hetero) is 1. The SMILES string of the molecule is Cc1nn(-c2nnc3c(n2)[nH]c2ccccc23)c2c1C(=O)CC(C)(C)C2. The summed E-state index contributed by atoms with van der Waals surface area (Å²) in [4.78, 5) is 20.5. The molecular weight excluding hydrogens is 328 g/mol. The maximum atomic E-state index is 12.6. The minimum absolute atomic E-state index is 0.104. The molecule has 0 atom stereocenters. The molecule has 5 rings (SSSR count). The summed E-state index contributed by atoms with van der Waals surface area (Å²) in [6.45, 7) is 6.06. The van der Waals surface area contributed by atoms with Crippen molar-refractivity contribution in [3.8, 4) is 5.95 Å². The summed E-state index contributed by atoms with van der Waals surface area (Å²) in [5, 5.41) is 14.2. The molecule has 0 amide bonds. The maximum absolute atomic E-state index is 12.6. The van der Waals surface area contributed by atoms with Gasteiger partial charge in [-0.05, 0) is 24.8 Å². The Kier molecular flexibility index (Phi) is 2.90. The van der Waals surface area contributed by atoms with Gasteiger partial charge in [-0.15, -0.1) is 10.2 Å². The van der Waals surface area contributed by atoms with Crippen molar-refractivity contribution in [1.82, 2.24) is 29.9 Å². The minimum Gasteiger partial charge on any atom is -0.338 e. The molecule has 0 bridgehead atoms. The number of benzene rings is 1. The third-order valence-electron chi connectivity index (χ3n) is 5.02. The van der Waals surface area contributed by atoms with Crippen LogP contribution in [0.2, 0.25) is 0 Å². The van der Waals surface area contributed by atoms with Gasteiger partial charge in [0.1, 0.15) is 5.52 Å². The molecule has 7 nitrogen and oxygen atoms in total. The van der Waals surface area contributed by atoms with Crippen molar-refractivity contribution < 1.29 is 4.79 Å². The van der Waals surface area contributed by atoms with Crippen molar-refractivity contribution in [3.05, 3.63) is 41.2 Å². The molecule has 0 saturated carbocycles. The lowest BCUT2D eigenvalue weighted by atomic mass is 9.75. The zero-order valence-electron chi connectivity index (χ0n) is 14.9. The van der Waals surface area contributed by atoms with Gasteiger partial charge in [0, 0.05) is 17.3 Å². The summed E-state index contributed by atoms with van der Waals surface area (Å²) in [5.41, 5.74) is 4.58. The van der Waals surface area contributed by atoms with Gasteiger partial charge in [0.15, 0.2) is 11.4 Å². The molecule has 1 aliphatic carbocycles. The van der Waals surface area contributed by atoms with E-state index in [1.54, 1.807) is 4.68 Å². The molecule has 1 N–H and O–H groups in total. The Morgan fingerprint density at radius 2 is 1.96 bits per heavy atom. The van der Waals surface area contributed by atoms with Crippen molar-refractivity contribution in [3.63, 3.8) is 0 Å². The Labute approximate surface area is 149 Å². The van der Waals surface area contributed by atoms with Crippen LogP contribution < -0.4 is 0 Å². The van der Waals surface area contributed by atoms with Gasteiger partial charge in [0.25, 0.3) is 5.95 Å². The lowest BCUT2D eigenvalue weighted by Crippen LogP contribution is -2.28. The van der Waals surface area contributed by atoms with Crippen LogP contribution in [0.3, 0.4) is 0 Å². The van der Waals surface area contributed by atoms with Crippen molar-refractivity contribution in [2.45, 2.75) is 33.6 Å². The van der Waals surface area contributed by atoms with E-state index in [-0.39, 0.29) is 11.2 Å². The fourth-order valence-electron chi connectivity index (χ4n) is 3.91. The Balaban J connectivity index is 1.72. The Bertz CT molecular complexity index is 1200. The van der Waals surface area contributed by atoms with Gasteiger partial charge in [0.2, 0.25) is 0 Å². The number of H-pyrrole nitrogens is 1. The van der Waals surface area contributed by atoms with E-state index in [9.17, 15) is 4.79 Å². The summed E-state index contributed by atoms with van der Waals surface area (Å²) in [5.74, 6) is 0.526. The first-order valence-electron chi connectivity index (χ1n) is 8.66. The Morgan fingerprint density at radius 3 is 2.81 bits per heavy atom. The number of nitrogens with one attached hydrogen (secondary N) is 1. The number of nitrogens with zero attached hydrogens (tertiary/aromatic N) is 5. The van der Waals surface area contributed by atoms with Gasteiger partial charge in [-0.25, -0.2) is 4.68 Å². The predicted molar refractivity (Wildman–Crippen MR) is 97.5 cm³/mol. The van der Waals surface area contributed by atoms with Crippen LogP contribution in [0.4, 0.5) is 0 Å². The number of aromatic amines is 1. The molecule has 4 aromatic rings. The molecule has 0 fully saturated rings. The Hall–Kier alpha value is -3.09. The molecule has 7 heteroatoms. The summed E-state index contributed by atoms with van der Waals surface area (Å²) >= 11 is 0. The standard InChI is InChI=1S/C19H18N6O/c1-10-15-13(8-19(2,3)9-14(15)26)25(24-10)18-21-17-16(22-23-18)11-6-4-5-7-12(11)20-17/h4-7H,8-9H2,1-3H3,(H,20,21,23). The second kappa shape index (κ2) is 4.97. The molecule has 1 aliphatic rings. The number of hydrogen-bond donors (Lipinski definition) is 1. The quantitative estimate of drug-likeness (QED) is 0.572. The Morgan fingerprint density at radius 1 is 1.15 bits per heavy atom. The average Bonchev–Trinajstić information content (AvgIpc) is 3.10. The lowest BCUT2D eigenvalue weighted by Gasteiger charge is -2.28. The number of carbonyl (C=O) groups excluding carboxylic acids is 1. The van der Waals surface area contributed by atoms with E-state index in [1.807, 2.05) is 31.2 Å². The number of aromatic nitrogens is 6. The van der Waals surface area contributed by atoms with E-state index < -0.39 is 0 Å². The van der Waals surface area contributed by atoms with E-state index in [0.717, 1.165) is 34.2 Å². The van der Waals surface area contributed by atoms with Crippen LogP contribution in [0.25, 0.3) is 28.0 Å². The van der Waals surface area contributed by atoms with Crippen molar-refractivity contribution >= 4 is 27.9 Å². The van der Waals surface area contributed by atoms with Crippen LogP contribution in [0, 0.1) is 12.3 Å². The number of carbonyl (C=O) groups is 1. The van der Waals surface area contributed by atoms with Crippen LogP contribution in [-0.2, 0) is 6.42 Å². The zero-order chi connectivity index (χ0) is 18.1. The summed E-state index contributed by atoms with van der Waals surface area (Å²) in [6, 6.07) is 7.91. The lowest BCUT2D eigenvalue weighted by molar-refractivity contribution is 0.0910. The van der Waals surface area contributed by atoms with Gasteiger partial charge in [-0.3, -0.25) is 4.79 Å². The van der Waals surface area contributed by atoms with E-state index in [4.69, 9.17) is 0 Å². The van der Waals surface area contributed by atoms with Gasteiger partial charge < -0.3 is 4.98 Å². The largest absolute Gasteiger partial charge is 0.338 e. The molecule has 3 heterocycles. The molecule has 3 aromatic heterocycles. The number of ketones is 1. The first kappa shape index (κ1) is 15.2. The highest BCUT2D eigenvalue weighted by Crippen LogP contribution is 2.36. The third kappa shape index (κ3) is 2.09. The van der Waals surface area contributed by atoms with E-state index in [2.05, 4.69) is 39.1 Å². The molecular formula is C19H18N6O. The van der Waals surface area contributed by atoms with E-state index in [0.29, 0.717) is 23.6 Å². The first-order chi connectivity index (χ1) is 12.4. The summed E-state index contributed by atoms with van der Waals surface area (Å²) in [6.07, 6.45) is 1.29. The summed E-state index contributed by atoms with van der Waals surface area (Å²) < 4.78 is 1.68. The molecule has 0 saturated heterocycles. The highest BCUT2D eigenvalue weighted by molar-refractivity contribution is 6.03. The number of para-hydroxylation sites is 1. The topological polar surface area (TPSA) is 89.3 Å². The van der Waals surface area contributed by atoms with Gasteiger partial charge >= 0.3 is 0 Å². The fraction of sp³-hybridized carbons (Fsp3) is 0.316. The van der Waals surface area contributed by atoms with E-state index in [1.165, 1.54) is 0 Å². The second-order valence-corrected chi connectivity index (χ2v) is 7.74. The predicted octanol–water partition coefficient (Wildman–Crippen LogP) is 3.16. The minimum atomic E-state index is -0.104. The molecule has 130 valence electrons. The molecule has 0 spiro atoms. The van der Waals surface area contributed by atoms with Crippen molar-refractivity contribution in [2.24, 2.45) is 5.41 Å². The fourth-order valence-corrected chi connectivity index (χ4v) is 3.91. The van der Waals surface area contributed by atoms with Crippen LogP contribution in [0.5, 0.6) is 0 Å². The normalized spacial score (nSPS) is 16.3. The average molecular weight is 346 g/mol. The van der Waals surface area contributed by atoms with Gasteiger partial charge in [-0.1, -0.05) is 32.0 Å². The second-order valence-electron chi connectivity index (χ2n) is 7.74. The monoisotopic (exact) mass is 346 g/mol. The highest BCUT2D eigenvalue weighted by atomic mass is 16.1. The van der Waals surface area contributed by atoms with Gasteiger partial charge in [-0.2, -0.15) is 10.1 Å². The van der Waals surface area contributed by atoms with Crippen LogP contribution in [-0.4, -0.2) is 35.7 Å². The highest BCUT2D eigenvalue weighted by Gasteiger charge is 2.36. The molecule has 0 unspecified atom stereocenters. The van der Waals surface area contributed by atoms with Crippen molar-refractivity contribution in [2.75, 3.05) is 0 Å². The zero-order valence-corrected chi connectivity index (χ0v) is 14.9. The number of hydrogen-bond acceptors (Lipinski definition) is 5. The number of rotatable bonds is 1.